The SMILES string of the molecule is CCCCCCCCCCCCCCCC(=O)O[C@@H]1C[C@@H](C(=O)O)[N+](C)(C)C1. The number of quaternary nitrogens is 1. The first-order valence-corrected chi connectivity index (χ1v) is 11.6. The lowest BCUT2D eigenvalue weighted by Crippen LogP contribution is -2.48. The molecule has 28 heavy (non-hydrogen) atoms. The van der Waals surface area contributed by atoms with E-state index in [-0.39, 0.29) is 12.1 Å². The standard InChI is InChI=1S/C23H43NO4/c1-4-5-6-7-8-9-10-11-12-13-14-15-16-17-22(25)28-20-18-21(23(26)27)24(2,3)19-20/h20-21H,4-19H2,1-3H3/p+1/t20-,21+/m1/s1. The summed E-state index contributed by atoms with van der Waals surface area (Å²) in [4.78, 5) is 23.3. The number of carboxylic acid groups (broad SMARTS) is 1. The predicted octanol–water partition coefficient (Wildman–Crippen LogP) is 5.31. The maximum Gasteiger partial charge on any atom is 0.362 e. The van der Waals surface area contributed by atoms with Crippen molar-refractivity contribution in [3.63, 3.8) is 0 Å². The van der Waals surface area contributed by atoms with Gasteiger partial charge < -0.3 is 14.3 Å². The van der Waals surface area contributed by atoms with Crippen molar-refractivity contribution in [2.75, 3.05) is 20.6 Å². The second kappa shape index (κ2) is 14.0. The van der Waals surface area contributed by atoms with Gasteiger partial charge in [0.1, 0.15) is 6.54 Å². The molecule has 1 aliphatic rings. The van der Waals surface area contributed by atoms with Crippen molar-refractivity contribution >= 4 is 11.9 Å². The minimum absolute atomic E-state index is 0.167. The molecular weight excluding hydrogens is 354 g/mol. The normalized spacial score (nSPS) is 21.0. The van der Waals surface area contributed by atoms with Crippen molar-refractivity contribution in [2.24, 2.45) is 0 Å². The Labute approximate surface area is 172 Å². The summed E-state index contributed by atoms with van der Waals surface area (Å²) in [7, 11) is 3.78. The number of carbonyl (C=O) groups excluding carboxylic acids is 1. The molecule has 0 aromatic rings. The molecule has 164 valence electrons. The molecule has 1 aliphatic heterocycles. The number of carbonyl (C=O) groups is 2. The maximum atomic E-state index is 12.0. The summed E-state index contributed by atoms with van der Waals surface area (Å²) in [5, 5.41) is 9.28. The monoisotopic (exact) mass is 398 g/mol. The van der Waals surface area contributed by atoms with Crippen LogP contribution in [-0.4, -0.2) is 54.3 Å². The zero-order valence-electron chi connectivity index (χ0n) is 18.6. The van der Waals surface area contributed by atoms with E-state index in [9.17, 15) is 14.7 Å². The molecule has 1 rings (SSSR count). The highest BCUT2D eigenvalue weighted by Crippen LogP contribution is 2.25. The largest absolute Gasteiger partial charge is 0.477 e. The summed E-state index contributed by atoms with van der Waals surface area (Å²) in [6, 6.07) is -0.478. The van der Waals surface area contributed by atoms with E-state index in [1.165, 1.54) is 70.6 Å². The van der Waals surface area contributed by atoms with Crippen LogP contribution in [0.25, 0.3) is 0 Å². The number of unbranched alkanes of at least 4 members (excludes halogenated alkanes) is 12. The molecule has 2 atom stereocenters. The fourth-order valence-electron chi connectivity index (χ4n) is 4.28. The van der Waals surface area contributed by atoms with Crippen molar-refractivity contribution in [2.45, 2.75) is 115 Å². The van der Waals surface area contributed by atoms with Gasteiger partial charge in [-0.05, 0) is 6.42 Å². The third-order valence-corrected chi connectivity index (χ3v) is 6.07. The van der Waals surface area contributed by atoms with Crippen molar-refractivity contribution in [3.05, 3.63) is 0 Å². The van der Waals surface area contributed by atoms with Crippen molar-refractivity contribution in [1.82, 2.24) is 0 Å². The number of carboxylic acids is 1. The van der Waals surface area contributed by atoms with Gasteiger partial charge in [-0.3, -0.25) is 4.79 Å². The summed E-state index contributed by atoms with van der Waals surface area (Å²) in [6.07, 6.45) is 17.3. The van der Waals surface area contributed by atoms with Gasteiger partial charge in [-0.25, -0.2) is 4.79 Å². The van der Waals surface area contributed by atoms with Crippen LogP contribution in [0.5, 0.6) is 0 Å². The summed E-state index contributed by atoms with van der Waals surface area (Å²) >= 11 is 0. The molecule has 1 N–H and O–H groups in total. The minimum Gasteiger partial charge on any atom is -0.477 e. The first-order chi connectivity index (χ1) is 13.4. The molecule has 0 saturated carbocycles. The second-order valence-corrected chi connectivity index (χ2v) is 9.16. The Bertz CT molecular complexity index is 450. The Morgan fingerprint density at radius 2 is 1.32 bits per heavy atom. The summed E-state index contributed by atoms with van der Waals surface area (Å²) in [6.45, 7) is 2.84. The molecule has 1 fully saturated rings. The molecule has 0 aromatic heterocycles. The van der Waals surface area contributed by atoms with E-state index in [0.717, 1.165) is 12.8 Å². The fourth-order valence-corrected chi connectivity index (χ4v) is 4.28. The van der Waals surface area contributed by atoms with Gasteiger partial charge in [-0.2, -0.15) is 0 Å². The molecule has 0 amide bonds. The topological polar surface area (TPSA) is 63.6 Å². The molecule has 0 bridgehead atoms. The lowest BCUT2D eigenvalue weighted by Gasteiger charge is -2.28. The number of rotatable bonds is 16. The van der Waals surface area contributed by atoms with E-state index in [4.69, 9.17) is 4.74 Å². The number of ether oxygens (including phenoxy) is 1. The van der Waals surface area contributed by atoms with Gasteiger partial charge in [0, 0.05) is 6.42 Å². The highest BCUT2D eigenvalue weighted by atomic mass is 16.5. The van der Waals surface area contributed by atoms with Crippen molar-refractivity contribution in [1.29, 1.82) is 0 Å². The number of likely N-dealkylation sites (tertiary alicyclic amines) is 1. The van der Waals surface area contributed by atoms with E-state index in [1.54, 1.807) is 0 Å². The van der Waals surface area contributed by atoms with E-state index in [1.807, 2.05) is 14.1 Å². The highest BCUT2D eigenvalue weighted by molar-refractivity contribution is 5.73. The molecule has 0 aromatic carbocycles. The summed E-state index contributed by atoms with van der Waals surface area (Å²) in [5.74, 6) is -0.973. The Morgan fingerprint density at radius 1 is 0.857 bits per heavy atom. The molecule has 1 heterocycles. The van der Waals surface area contributed by atoms with Crippen LogP contribution in [0.2, 0.25) is 0 Å². The Morgan fingerprint density at radius 3 is 1.75 bits per heavy atom. The average Bonchev–Trinajstić information content (AvgIpc) is 2.93. The van der Waals surface area contributed by atoms with Gasteiger partial charge in [0.15, 0.2) is 12.1 Å². The van der Waals surface area contributed by atoms with Crippen molar-refractivity contribution < 1.29 is 23.9 Å². The molecule has 5 heteroatoms. The molecule has 0 radical (unpaired) electrons. The van der Waals surface area contributed by atoms with Crippen LogP contribution in [0.4, 0.5) is 0 Å². The first kappa shape index (κ1) is 24.9. The summed E-state index contributed by atoms with van der Waals surface area (Å²) < 4.78 is 5.90. The number of nitrogens with zero attached hydrogens (tertiary/aromatic N) is 1. The predicted molar refractivity (Wildman–Crippen MR) is 113 cm³/mol. The van der Waals surface area contributed by atoms with Crippen LogP contribution >= 0.6 is 0 Å². The van der Waals surface area contributed by atoms with Gasteiger partial charge in [0.05, 0.1) is 20.5 Å². The Hall–Kier alpha value is -1.10. The third kappa shape index (κ3) is 10.4. The van der Waals surface area contributed by atoms with Gasteiger partial charge in [-0.15, -0.1) is 0 Å². The minimum atomic E-state index is -0.806. The molecule has 5 nitrogen and oxygen atoms in total. The number of esters is 1. The van der Waals surface area contributed by atoms with Crippen LogP contribution in [-0.2, 0) is 14.3 Å². The number of hydrogen-bond donors (Lipinski definition) is 1. The first-order valence-electron chi connectivity index (χ1n) is 11.6. The third-order valence-electron chi connectivity index (χ3n) is 6.07. The van der Waals surface area contributed by atoms with Gasteiger partial charge in [0.2, 0.25) is 0 Å². The number of hydrogen-bond acceptors (Lipinski definition) is 3. The van der Waals surface area contributed by atoms with Gasteiger partial charge >= 0.3 is 11.9 Å². The van der Waals surface area contributed by atoms with Crippen LogP contribution in [0.1, 0.15) is 103 Å². The van der Waals surface area contributed by atoms with Crippen LogP contribution in [0.15, 0.2) is 0 Å². The highest BCUT2D eigenvalue weighted by Gasteiger charge is 2.47. The lowest BCUT2D eigenvalue weighted by atomic mass is 10.0. The fraction of sp³-hybridized carbons (Fsp3) is 0.913. The smallest absolute Gasteiger partial charge is 0.362 e. The molecule has 0 spiro atoms. The van der Waals surface area contributed by atoms with E-state index in [2.05, 4.69) is 6.92 Å². The second-order valence-electron chi connectivity index (χ2n) is 9.16. The zero-order chi connectivity index (χ0) is 20.8. The van der Waals surface area contributed by atoms with Crippen LogP contribution < -0.4 is 0 Å². The lowest BCUT2D eigenvalue weighted by molar-refractivity contribution is -0.894. The molecular formula is C23H44NO4+. The van der Waals surface area contributed by atoms with Gasteiger partial charge in [0.25, 0.3) is 0 Å². The Kier molecular flexibility index (Phi) is 12.4. The average molecular weight is 399 g/mol. The van der Waals surface area contributed by atoms with Crippen LogP contribution in [0.3, 0.4) is 0 Å². The summed E-state index contributed by atoms with van der Waals surface area (Å²) in [5.41, 5.74) is 0. The van der Waals surface area contributed by atoms with E-state index in [0.29, 0.717) is 23.9 Å². The number of likely N-dealkylation sites (N-methyl/N-ethyl adjacent to an activating group) is 1. The molecule has 0 aliphatic carbocycles. The maximum absolute atomic E-state index is 12.0. The quantitative estimate of drug-likeness (QED) is 0.217. The van der Waals surface area contributed by atoms with E-state index < -0.39 is 12.0 Å². The van der Waals surface area contributed by atoms with Gasteiger partial charge in [-0.1, -0.05) is 84.0 Å². The van der Waals surface area contributed by atoms with Crippen molar-refractivity contribution in [3.8, 4) is 0 Å². The molecule has 1 saturated heterocycles. The molecule has 0 unspecified atom stereocenters. The zero-order valence-corrected chi connectivity index (χ0v) is 18.6. The van der Waals surface area contributed by atoms with Crippen LogP contribution in [0, 0.1) is 0 Å². The van der Waals surface area contributed by atoms with E-state index >= 15 is 0 Å². The Balaban J connectivity index is 1.94. The number of aliphatic carboxylic acids is 1.